The van der Waals surface area contributed by atoms with Gasteiger partial charge < -0.3 is 0 Å². The minimum absolute atomic E-state index is 1.31. The Morgan fingerprint density at radius 1 is 1.00 bits per heavy atom. The van der Waals surface area contributed by atoms with Crippen LogP contribution >= 0.6 is 0 Å². The second-order valence-corrected chi connectivity index (χ2v) is 3.56. The van der Waals surface area contributed by atoms with Gasteiger partial charge in [-0.15, -0.1) is 0 Å². The number of allylic oxidation sites excluding steroid dienone is 1. The molecule has 0 aromatic heterocycles. The summed E-state index contributed by atoms with van der Waals surface area (Å²) in [7, 11) is 0. The van der Waals surface area contributed by atoms with E-state index in [4.69, 9.17) is 0 Å². The van der Waals surface area contributed by atoms with Gasteiger partial charge in [0.25, 0.3) is 0 Å². The molecule has 0 aliphatic carbocycles. The first-order valence-electron chi connectivity index (χ1n) is 4.93. The van der Waals surface area contributed by atoms with E-state index in [0.717, 1.165) is 0 Å². The van der Waals surface area contributed by atoms with Crippen molar-refractivity contribution in [2.45, 2.75) is 13.8 Å². The number of hydrogen-bond donors (Lipinski definition) is 0. The van der Waals surface area contributed by atoms with Gasteiger partial charge in [0.1, 0.15) is 0 Å². The van der Waals surface area contributed by atoms with E-state index < -0.39 is 0 Å². The Hall–Kier alpha value is -1.56. The van der Waals surface area contributed by atoms with Gasteiger partial charge in [0.05, 0.1) is 0 Å². The second-order valence-electron chi connectivity index (χ2n) is 3.56. The number of fused-ring (bicyclic) bond motifs is 1. The molecular weight excluding hydrogens is 168 g/mol. The Kier molecular flexibility index (Phi) is 2.36. The molecule has 0 aliphatic heterocycles. The lowest BCUT2D eigenvalue weighted by atomic mass is 10.0. The molecule has 0 fully saturated rings. The average Bonchev–Trinajstić information content (AvgIpc) is 2.19. The van der Waals surface area contributed by atoms with Crippen LogP contribution in [0.2, 0.25) is 0 Å². The van der Waals surface area contributed by atoms with E-state index in [1.54, 1.807) is 0 Å². The normalized spacial score (nSPS) is 11.3. The number of rotatable bonds is 1. The third-order valence-corrected chi connectivity index (χ3v) is 2.48. The number of benzene rings is 2. The molecule has 0 saturated carbocycles. The topological polar surface area (TPSA) is 0 Å². The molecule has 0 atom stereocenters. The lowest BCUT2D eigenvalue weighted by Crippen LogP contribution is -1.81. The molecule has 0 radical (unpaired) electrons. The van der Waals surface area contributed by atoms with Gasteiger partial charge in [0, 0.05) is 0 Å². The summed E-state index contributed by atoms with van der Waals surface area (Å²) in [5.41, 5.74) is 2.65. The molecule has 0 spiro atoms. The molecule has 0 heterocycles. The van der Waals surface area contributed by atoms with E-state index in [1.807, 2.05) is 0 Å². The second kappa shape index (κ2) is 3.67. The molecule has 0 aliphatic rings. The Balaban J connectivity index is 2.70. The van der Waals surface area contributed by atoms with Gasteiger partial charge in [-0.05, 0) is 41.8 Å². The van der Waals surface area contributed by atoms with Crippen LogP contribution in [0, 0.1) is 6.92 Å². The highest BCUT2D eigenvalue weighted by Crippen LogP contribution is 2.20. The predicted molar refractivity (Wildman–Crippen MR) is 63.4 cm³/mol. The van der Waals surface area contributed by atoms with Crippen LogP contribution in [-0.4, -0.2) is 0 Å². The van der Waals surface area contributed by atoms with Gasteiger partial charge in [-0.1, -0.05) is 42.5 Å². The van der Waals surface area contributed by atoms with Crippen LogP contribution in [0.3, 0.4) is 0 Å². The summed E-state index contributed by atoms with van der Waals surface area (Å²) < 4.78 is 0. The zero-order valence-electron chi connectivity index (χ0n) is 8.62. The average molecular weight is 182 g/mol. The molecule has 14 heavy (non-hydrogen) atoms. The molecule has 2 aromatic rings. The highest BCUT2D eigenvalue weighted by molar-refractivity contribution is 5.85. The highest BCUT2D eigenvalue weighted by Gasteiger charge is 1.97. The van der Waals surface area contributed by atoms with Crippen LogP contribution < -0.4 is 0 Å². The SMILES string of the molecule is CC=Cc1cc2ccccc2cc1C. The zero-order valence-corrected chi connectivity index (χ0v) is 8.62. The zero-order chi connectivity index (χ0) is 9.97. The summed E-state index contributed by atoms with van der Waals surface area (Å²) in [5.74, 6) is 0. The minimum atomic E-state index is 1.31. The summed E-state index contributed by atoms with van der Waals surface area (Å²) in [4.78, 5) is 0. The van der Waals surface area contributed by atoms with Crippen molar-refractivity contribution in [3.63, 3.8) is 0 Å². The van der Waals surface area contributed by atoms with Gasteiger partial charge in [-0.25, -0.2) is 0 Å². The van der Waals surface area contributed by atoms with Crippen molar-refractivity contribution in [2.75, 3.05) is 0 Å². The summed E-state index contributed by atoms with van der Waals surface area (Å²) in [5, 5.41) is 2.63. The molecule has 0 amide bonds. The molecule has 2 rings (SSSR count). The van der Waals surface area contributed by atoms with Gasteiger partial charge in [-0.3, -0.25) is 0 Å². The summed E-state index contributed by atoms with van der Waals surface area (Å²) in [6.07, 6.45) is 4.23. The molecule has 0 saturated heterocycles. The van der Waals surface area contributed by atoms with E-state index in [-0.39, 0.29) is 0 Å². The van der Waals surface area contributed by atoms with Gasteiger partial charge >= 0.3 is 0 Å². The van der Waals surface area contributed by atoms with Gasteiger partial charge in [0.15, 0.2) is 0 Å². The van der Waals surface area contributed by atoms with E-state index in [1.165, 1.54) is 21.9 Å². The lowest BCUT2D eigenvalue weighted by molar-refractivity contribution is 1.47. The Labute approximate surface area is 84.9 Å². The van der Waals surface area contributed by atoms with E-state index >= 15 is 0 Å². The first kappa shape index (κ1) is 9.01. The first-order valence-corrected chi connectivity index (χ1v) is 4.93. The van der Waals surface area contributed by atoms with Crippen LogP contribution in [0.15, 0.2) is 42.5 Å². The van der Waals surface area contributed by atoms with Crippen molar-refractivity contribution < 1.29 is 0 Å². The maximum absolute atomic E-state index is 2.24. The fourth-order valence-electron chi connectivity index (χ4n) is 1.73. The molecule has 0 heteroatoms. The standard InChI is InChI=1S/C14H14/c1-3-6-12-10-14-8-5-4-7-13(14)9-11(12)2/h3-10H,1-2H3. The molecule has 0 unspecified atom stereocenters. The summed E-state index contributed by atoms with van der Waals surface area (Å²) in [6.45, 7) is 4.20. The quantitative estimate of drug-likeness (QED) is 0.620. The van der Waals surface area contributed by atoms with Crippen molar-refractivity contribution in [3.8, 4) is 0 Å². The Morgan fingerprint density at radius 2 is 1.64 bits per heavy atom. The van der Waals surface area contributed by atoms with Crippen LogP contribution in [0.1, 0.15) is 18.1 Å². The Bertz CT molecular complexity index is 478. The van der Waals surface area contributed by atoms with E-state index in [2.05, 4.69) is 62.4 Å². The molecule has 2 aromatic carbocycles. The fraction of sp³-hybridized carbons (Fsp3) is 0.143. The van der Waals surface area contributed by atoms with Crippen molar-refractivity contribution >= 4 is 16.8 Å². The molecule has 0 bridgehead atoms. The largest absolute Gasteiger partial charge is 0.0871 e. The number of aryl methyl sites for hydroxylation is 1. The van der Waals surface area contributed by atoms with Crippen LogP contribution in [-0.2, 0) is 0 Å². The third kappa shape index (κ3) is 1.56. The number of hydrogen-bond acceptors (Lipinski definition) is 0. The minimum Gasteiger partial charge on any atom is -0.0871 e. The summed E-state index contributed by atoms with van der Waals surface area (Å²) in [6, 6.07) is 13.0. The molecule has 0 nitrogen and oxygen atoms in total. The van der Waals surface area contributed by atoms with Crippen molar-refractivity contribution in [2.24, 2.45) is 0 Å². The van der Waals surface area contributed by atoms with Crippen LogP contribution in [0.25, 0.3) is 16.8 Å². The fourth-order valence-corrected chi connectivity index (χ4v) is 1.73. The maximum atomic E-state index is 2.24. The molecule has 70 valence electrons. The molecule has 0 N–H and O–H groups in total. The van der Waals surface area contributed by atoms with Crippen LogP contribution in [0.4, 0.5) is 0 Å². The smallest absolute Gasteiger partial charge is 0.0178 e. The van der Waals surface area contributed by atoms with E-state index in [0.29, 0.717) is 0 Å². The third-order valence-electron chi connectivity index (χ3n) is 2.48. The summed E-state index contributed by atoms with van der Waals surface area (Å²) >= 11 is 0. The first-order chi connectivity index (χ1) is 6.81. The maximum Gasteiger partial charge on any atom is -0.0178 e. The molecular formula is C14H14. The van der Waals surface area contributed by atoms with Crippen molar-refractivity contribution in [3.05, 3.63) is 53.6 Å². The van der Waals surface area contributed by atoms with E-state index in [9.17, 15) is 0 Å². The highest BCUT2D eigenvalue weighted by atomic mass is 14.0. The predicted octanol–water partition coefficient (Wildman–Crippen LogP) is 4.18. The van der Waals surface area contributed by atoms with Gasteiger partial charge in [-0.2, -0.15) is 0 Å². The van der Waals surface area contributed by atoms with Crippen molar-refractivity contribution in [1.29, 1.82) is 0 Å². The lowest BCUT2D eigenvalue weighted by Gasteiger charge is -2.03. The van der Waals surface area contributed by atoms with Crippen molar-refractivity contribution in [1.82, 2.24) is 0 Å². The Morgan fingerprint density at radius 3 is 2.29 bits per heavy atom. The van der Waals surface area contributed by atoms with Gasteiger partial charge in [0.2, 0.25) is 0 Å². The monoisotopic (exact) mass is 182 g/mol. The van der Waals surface area contributed by atoms with Crippen LogP contribution in [0.5, 0.6) is 0 Å².